The molecular weight excluding hydrogens is 367 g/mol. The standard InChI is InChI=1S/C24H29FN2O2/c1-4-21-22(5-2)29-24(28-21)12-6-7-17-13-20-16(14-23(17,24)3)15-26-27(20)19-10-8-18(25)9-11-19/h8-11,13,15,21-22H,4-7,12,14H2,1-3H3/t21-,22+,23?,24?. The van der Waals surface area contributed by atoms with E-state index in [0.29, 0.717) is 0 Å². The van der Waals surface area contributed by atoms with Gasteiger partial charge in [0.25, 0.3) is 0 Å². The van der Waals surface area contributed by atoms with Crippen LogP contribution in [0.3, 0.4) is 0 Å². The lowest BCUT2D eigenvalue weighted by Gasteiger charge is -2.51. The smallest absolute Gasteiger partial charge is 0.178 e. The monoisotopic (exact) mass is 396 g/mol. The molecule has 1 aliphatic heterocycles. The van der Waals surface area contributed by atoms with E-state index in [1.807, 2.05) is 10.9 Å². The topological polar surface area (TPSA) is 36.3 Å². The van der Waals surface area contributed by atoms with Gasteiger partial charge >= 0.3 is 0 Å². The van der Waals surface area contributed by atoms with Gasteiger partial charge in [0, 0.05) is 11.8 Å². The quantitative estimate of drug-likeness (QED) is 0.693. The zero-order valence-corrected chi connectivity index (χ0v) is 17.5. The highest BCUT2D eigenvalue weighted by Gasteiger charge is 2.61. The molecule has 5 rings (SSSR count). The van der Waals surface area contributed by atoms with E-state index < -0.39 is 5.79 Å². The molecule has 1 spiro atoms. The molecule has 2 heterocycles. The van der Waals surface area contributed by atoms with Crippen molar-refractivity contribution in [1.29, 1.82) is 0 Å². The van der Waals surface area contributed by atoms with Crippen molar-refractivity contribution in [2.75, 3.05) is 0 Å². The summed E-state index contributed by atoms with van der Waals surface area (Å²) >= 11 is 0. The maximum atomic E-state index is 13.4. The second-order valence-electron chi connectivity index (χ2n) is 8.86. The molecule has 1 saturated carbocycles. The zero-order chi connectivity index (χ0) is 20.2. The van der Waals surface area contributed by atoms with E-state index in [2.05, 4.69) is 31.9 Å². The number of fused-ring (bicyclic) bond motifs is 3. The summed E-state index contributed by atoms with van der Waals surface area (Å²) < 4.78 is 28.7. The summed E-state index contributed by atoms with van der Waals surface area (Å²) in [6.07, 6.45) is 10.4. The summed E-state index contributed by atoms with van der Waals surface area (Å²) in [5.41, 5.74) is 4.36. The molecule has 2 aliphatic carbocycles. The predicted molar refractivity (Wildman–Crippen MR) is 110 cm³/mol. The van der Waals surface area contributed by atoms with E-state index in [4.69, 9.17) is 9.47 Å². The molecule has 1 saturated heterocycles. The van der Waals surface area contributed by atoms with E-state index >= 15 is 0 Å². The van der Waals surface area contributed by atoms with E-state index in [1.165, 1.54) is 23.3 Å². The molecule has 4 nitrogen and oxygen atoms in total. The Labute approximate surface area is 171 Å². The lowest BCUT2D eigenvalue weighted by molar-refractivity contribution is -0.248. The molecule has 3 aliphatic rings. The first kappa shape index (κ1) is 19.0. The average molecular weight is 397 g/mol. The van der Waals surface area contributed by atoms with Crippen molar-refractivity contribution in [3.8, 4) is 5.69 Å². The first-order valence-electron chi connectivity index (χ1n) is 10.9. The SMILES string of the molecule is CC[C@@H]1OC2(CCCC3=Cc4c(cnn4-c4ccc(F)cc4)CC32C)O[C@@H]1CC. The third kappa shape index (κ3) is 2.74. The highest BCUT2D eigenvalue weighted by Crippen LogP contribution is 2.58. The van der Waals surface area contributed by atoms with Gasteiger partial charge in [-0.2, -0.15) is 5.10 Å². The molecule has 2 aromatic rings. The molecule has 2 fully saturated rings. The van der Waals surface area contributed by atoms with Gasteiger partial charge in [-0.1, -0.05) is 26.3 Å². The Bertz CT molecular complexity index is 936. The Hall–Kier alpha value is -1.98. The number of hydrogen-bond acceptors (Lipinski definition) is 3. The Morgan fingerprint density at radius 1 is 1.14 bits per heavy atom. The van der Waals surface area contributed by atoms with Crippen LogP contribution in [0.15, 0.2) is 36.0 Å². The van der Waals surface area contributed by atoms with E-state index in [9.17, 15) is 4.39 Å². The van der Waals surface area contributed by atoms with Gasteiger partial charge < -0.3 is 9.47 Å². The molecule has 154 valence electrons. The van der Waals surface area contributed by atoms with Crippen LogP contribution in [0.5, 0.6) is 0 Å². The van der Waals surface area contributed by atoms with Gasteiger partial charge in [-0.05, 0) is 68.0 Å². The molecule has 0 radical (unpaired) electrons. The van der Waals surface area contributed by atoms with Crippen molar-refractivity contribution in [3.63, 3.8) is 0 Å². The Balaban J connectivity index is 1.55. The summed E-state index contributed by atoms with van der Waals surface area (Å²) in [7, 11) is 0. The van der Waals surface area contributed by atoms with E-state index in [0.717, 1.165) is 49.9 Å². The summed E-state index contributed by atoms with van der Waals surface area (Å²) in [6, 6.07) is 6.51. The second-order valence-corrected chi connectivity index (χ2v) is 8.86. The molecule has 0 amide bonds. The fourth-order valence-corrected chi connectivity index (χ4v) is 5.54. The summed E-state index contributed by atoms with van der Waals surface area (Å²) in [6.45, 7) is 6.67. The Morgan fingerprint density at radius 2 is 1.83 bits per heavy atom. The summed E-state index contributed by atoms with van der Waals surface area (Å²) in [4.78, 5) is 0. The first-order valence-corrected chi connectivity index (χ1v) is 10.9. The normalized spacial score (nSPS) is 33.4. The van der Waals surface area contributed by atoms with Crippen molar-refractivity contribution < 1.29 is 13.9 Å². The molecule has 4 atom stereocenters. The lowest BCUT2D eigenvalue weighted by Crippen LogP contribution is -2.53. The third-order valence-electron chi connectivity index (χ3n) is 7.22. The molecule has 5 heteroatoms. The first-order chi connectivity index (χ1) is 14.0. The summed E-state index contributed by atoms with van der Waals surface area (Å²) in [5.74, 6) is -0.782. The number of halogens is 1. The number of benzene rings is 1. The van der Waals surface area contributed by atoms with Crippen molar-refractivity contribution >= 4 is 6.08 Å². The lowest BCUT2D eigenvalue weighted by atomic mass is 9.62. The average Bonchev–Trinajstić information content (AvgIpc) is 3.29. The van der Waals surface area contributed by atoms with Crippen molar-refractivity contribution in [1.82, 2.24) is 9.78 Å². The van der Waals surface area contributed by atoms with Gasteiger partial charge in [0.1, 0.15) is 5.82 Å². The van der Waals surface area contributed by atoms with Crippen LogP contribution in [0, 0.1) is 11.2 Å². The van der Waals surface area contributed by atoms with Gasteiger partial charge in [0.2, 0.25) is 0 Å². The second kappa shape index (κ2) is 6.78. The number of ether oxygens (including phenoxy) is 2. The zero-order valence-electron chi connectivity index (χ0n) is 17.5. The number of nitrogens with zero attached hydrogens (tertiary/aromatic N) is 2. The fourth-order valence-electron chi connectivity index (χ4n) is 5.54. The minimum atomic E-state index is -0.548. The Morgan fingerprint density at radius 3 is 2.48 bits per heavy atom. The number of hydrogen-bond donors (Lipinski definition) is 0. The minimum absolute atomic E-state index is 0.166. The molecule has 1 aromatic heterocycles. The predicted octanol–water partition coefficient (Wildman–Crippen LogP) is 5.44. The Kier molecular flexibility index (Phi) is 4.44. The van der Waals surface area contributed by atoms with Crippen molar-refractivity contribution in [3.05, 3.63) is 53.1 Å². The van der Waals surface area contributed by atoms with Crippen LogP contribution in [-0.2, 0) is 15.9 Å². The van der Waals surface area contributed by atoms with Crippen LogP contribution in [0.2, 0.25) is 0 Å². The third-order valence-corrected chi connectivity index (χ3v) is 7.22. The van der Waals surface area contributed by atoms with Gasteiger partial charge in [0.15, 0.2) is 5.79 Å². The van der Waals surface area contributed by atoms with Crippen LogP contribution in [-0.4, -0.2) is 27.8 Å². The maximum absolute atomic E-state index is 13.4. The van der Waals surface area contributed by atoms with E-state index in [-0.39, 0.29) is 23.4 Å². The van der Waals surface area contributed by atoms with Crippen LogP contribution in [0.4, 0.5) is 4.39 Å². The van der Waals surface area contributed by atoms with Crippen LogP contribution >= 0.6 is 0 Å². The number of aromatic nitrogens is 2. The molecular formula is C24H29FN2O2. The highest BCUT2D eigenvalue weighted by molar-refractivity contribution is 5.62. The molecule has 0 N–H and O–H groups in total. The molecule has 1 aromatic carbocycles. The van der Waals surface area contributed by atoms with Crippen LogP contribution < -0.4 is 0 Å². The van der Waals surface area contributed by atoms with Crippen LogP contribution in [0.25, 0.3) is 11.8 Å². The molecule has 29 heavy (non-hydrogen) atoms. The number of rotatable bonds is 3. The largest absolute Gasteiger partial charge is 0.343 e. The van der Waals surface area contributed by atoms with Crippen LogP contribution in [0.1, 0.15) is 64.1 Å². The maximum Gasteiger partial charge on any atom is 0.178 e. The minimum Gasteiger partial charge on any atom is -0.343 e. The van der Waals surface area contributed by atoms with E-state index in [1.54, 1.807) is 12.1 Å². The molecule has 0 bridgehead atoms. The highest BCUT2D eigenvalue weighted by atomic mass is 19.1. The van der Waals surface area contributed by atoms with Gasteiger partial charge in [0.05, 0.1) is 29.8 Å². The van der Waals surface area contributed by atoms with Gasteiger partial charge in [-0.25, -0.2) is 9.07 Å². The summed E-state index contributed by atoms with van der Waals surface area (Å²) in [5, 5.41) is 4.63. The van der Waals surface area contributed by atoms with Crippen molar-refractivity contribution in [2.24, 2.45) is 5.41 Å². The van der Waals surface area contributed by atoms with Gasteiger partial charge in [-0.3, -0.25) is 0 Å². The molecule has 2 unspecified atom stereocenters. The van der Waals surface area contributed by atoms with Gasteiger partial charge in [-0.15, -0.1) is 0 Å². The van der Waals surface area contributed by atoms with Crippen molar-refractivity contribution in [2.45, 2.75) is 77.3 Å². The fraction of sp³-hybridized carbons (Fsp3) is 0.542.